The second-order valence-electron chi connectivity index (χ2n) is 4.20. The second kappa shape index (κ2) is 3.69. The van der Waals surface area contributed by atoms with Crippen LogP contribution in [0.5, 0.6) is 0 Å². The Kier molecular flexibility index (Phi) is 2.61. The summed E-state index contributed by atoms with van der Waals surface area (Å²) in [6.07, 6.45) is 1.36. The van der Waals surface area contributed by atoms with Crippen molar-refractivity contribution in [3.63, 3.8) is 0 Å². The van der Waals surface area contributed by atoms with Gasteiger partial charge in [-0.1, -0.05) is 0 Å². The Morgan fingerprint density at radius 2 is 2.12 bits per heavy atom. The topological polar surface area (TPSA) is 69.0 Å². The summed E-state index contributed by atoms with van der Waals surface area (Å²) in [6, 6.07) is -0.114. The van der Waals surface area contributed by atoms with E-state index < -0.39 is 9.84 Å². The van der Waals surface area contributed by atoms with Crippen LogP contribution in [0.4, 0.5) is 0 Å². The van der Waals surface area contributed by atoms with Gasteiger partial charge in [0.05, 0.1) is 28.8 Å². The molecule has 0 N–H and O–H groups in total. The Labute approximate surface area is 94.4 Å². The minimum atomic E-state index is -2.92. The Bertz CT molecular complexity index is 531. The van der Waals surface area contributed by atoms with Crippen molar-refractivity contribution >= 4 is 16.1 Å². The Morgan fingerprint density at radius 1 is 1.44 bits per heavy atom. The van der Waals surface area contributed by atoms with E-state index in [-0.39, 0.29) is 17.5 Å². The first-order chi connectivity index (χ1) is 7.44. The summed E-state index contributed by atoms with van der Waals surface area (Å²) >= 11 is 0. The van der Waals surface area contributed by atoms with E-state index >= 15 is 0 Å². The fourth-order valence-electron chi connectivity index (χ4n) is 2.17. The molecule has 0 bridgehead atoms. The molecule has 1 aliphatic heterocycles. The lowest BCUT2D eigenvalue weighted by Gasteiger charge is -2.10. The van der Waals surface area contributed by atoms with Crippen molar-refractivity contribution in [3.05, 3.63) is 17.0 Å². The molecule has 1 fully saturated rings. The molecule has 0 aromatic carbocycles. The fourth-order valence-corrected chi connectivity index (χ4v) is 3.86. The standard InChI is InChI=1S/C10H14N2O3S/c1-7-10(5-13)8(2)12(11-7)9-3-4-16(14,15)6-9/h5,9H,3-4,6H2,1-2H3/t9-/m0/s1. The van der Waals surface area contributed by atoms with Gasteiger partial charge in [0, 0.05) is 5.69 Å². The highest BCUT2D eigenvalue weighted by atomic mass is 32.2. The van der Waals surface area contributed by atoms with Crippen molar-refractivity contribution in [1.29, 1.82) is 0 Å². The van der Waals surface area contributed by atoms with Crippen LogP contribution in [0.25, 0.3) is 0 Å². The third-order valence-electron chi connectivity index (χ3n) is 3.05. The molecule has 88 valence electrons. The zero-order chi connectivity index (χ0) is 11.9. The van der Waals surface area contributed by atoms with Gasteiger partial charge < -0.3 is 0 Å². The number of hydrogen-bond acceptors (Lipinski definition) is 4. The Morgan fingerprint density at radius 3 is 2.56 bits per heavy atom. The highest BCUT2D eigenvalue weighted by Gasteiger charge is 2.31. The summed E-state index contributed by atoms with van der Waals surface area (Å²) < 4.78 is 24.4. The highest BCUT2D eigenvalue weighted by molar-refractivity contribution is 7.91. The molecule has 0 spiro atoms. The van der Waals surface area contributed by atoms with Gasteiger partial charge in [-0.3, -0.25) is 9.48 Å². The second-order valence-corrected chi connectivity index (χ2v) is 6.43. The van der Waals surface area contributed by atoms with E-state index in [1.807, 2.05) is 0 Å². The SMILES string of the molecule is Cc1nn([C@H]2CCS(=O)(=O)C2)c(C)c1C=O. The first-order valence-corrected chi connectivity index (χ1v) is 6.98. The average molecular weight is 242 g/mol. The van der Waals surface area contributed by atoms with Crippen LogP contribution in [0.1, 0.15) is 34.2 Å². The van der Waals surface area contributed by atoms with Gasteiger partial charge in [0.25, 0.3) is 0 Å². The molecular weight excluding hydrogens is 228 g/mol. The lowest BCUT2D eigenvalue weighted by molar-refractivity contribution is 0.112. The summed E-state index contributed by atoms with van der Waals surface area (Å²) in [7, 11) is -2.92. The van der Waals surface area contributed by atoms with Crippen molar-refractivity contribution in [2.24, 2.45) is 0 Å². The van der Waals surface area contributed by atoms with E-state index in [9.17, 15) is 13.2 Å². The number of rotatable bonds is 2. The summed E-state index contributed by atoms with van der Waals surface area (Å²) in [5, 5.41) is 4.25. The third-order valence-corrected chi connectivity index (χ3v) is 4.80. The fraction of sp³-hybridized carbons (Fsp3) is 0.600. The van der Waals surface area contributed by atoms with Gasteiger partial charge in [0.1, 0.15) is 0 Å². The van der Waals surface area contributed by atoms with Gasteiger partial charge in [0.15, 0.2) is 16.1 Å². The summed E-state index contributed by atoms with van der Waals surface area (Å²) in [4.78, 5) is 10.8. The third kappa shape index (κ3) is 1.77. The number of nitrogens with zero attached hydrogens (tertiary/aromatic N) is 2. The Balaban J connectivity index is 2.39. The molecule has 6 heteroatoms. The number of sulfone groups is 1. The van der Waals surface area contributed by atoms with Gasteiger partial charge in [-0.2, -0.15) is 5.10 Å². The van der Waals surface area contributed by atoms with Crippen molar-refractivity contribution in [2.45, 2.75) is 26.3 Å². The minimum Gasteiger partial charge on any atom is -0.298 e. The molecule has 1 atom stereocenters. The number of hydrogen-bond donors (Lipinski definition) is 0. The zero-order valence-corrected chi connectivity index (χ0v) is 10.1. The van der Waals surface area contributed by atoms with E-state index in [1.165, 1.54) is 0 Å². The monoisotopic (exact) mass is 242 g/mol. The van der Waals surface area contributed by atoms with E-state index in [0.29, 0.717) is 17.7 Å². The maximum absolute atomic E-state index is 11.4. The molecule has 5 nitrogen and oxygen atoms in total. The van der Waals surface area contributed by atoms with Crippen LogP contribution in [0.2, 0.25) is 0 Å². The number of aldehydes is 1. The van der Waals surface area contributed by atoms with Crippen molar-refractivity contribution in [2.75, 3.05) is 11.5 Å². The van der Waals surface area contributed by atoms with E-state index in [1.54, 1.807) is 18.5 Å². The largest absolute Gasteiger partial charge is 0.298 e. The minimum absolute atomic E-state index is 0.114. The Hall–Kier alpha value is -1.17. The lowest BCUT2D eigenvalue weighted by Crippen LogP contribution is -2.14. The lowest BCUT2D eigenvalue weighted by atomic mass is 10.2. The van der Waals surface area contributed by atoms with Gasteiger partial charge in [-0.25, -0.2) is 8.42 Å². The van der Waals surface area contributed by atoms with Crippen molar-refractivity contribution in [1.82, 2.24) is 9.78 Å². The summed E-state index contributed by atoms with van der Waals surface area (Å²) in [6.45, 7) is 3.56. The quantitative estimate of drug-likeness (QED) is 0.715. The molecule has 0 saturated carbocycles. The predicted molar refractivity (Wildman–Crippen MR) is 59.4 cm³/mol. The van der Waals surface area contributed by atoms with E-state index in [2.05, 4.69) is 5.10 Å². The molecule has 16 heavy (non-hydrogen) atoms. The van der Waals surface area contributed by atoms with Crippen LogP contribution in [-0.2, 0) is 9.84 Å². The van der Waals surface area contributed by atoms with Gasteiger partial charge in [-0.05, 0) is 20.3 Å². The molecule has 0 radical (unpaired) electrons. The maximum atomic E-state index is 11.4. The number of carbonyl (C=O) groups excluding carboxylic acids is 1. The highest BCUT2D eigenvalue weighted by Crippen LogP contribution is 2.26. The summed E-state index contributed by atoms with van der Waals surface area (Å²) in [5.41, 5.74) is 2.00. The maximum Gasteiger partial charge on any atom is 0.153 e. The van der Waals surface area contributed by atoms with Gasteiger partial charge in [0.2, 0.25) is 0 Å². The normalized spacial score (nSPS) is 23.5. The molecule has 0 unspecified atom stereocenters. The molecule has 1 saturated heterocycles. The van der Waals surface area contributed by atoms with Crippen LogP contribution in [0.15, 0.2) is 0 Å². The molecular formula is C10H14N2O3S. The number of carbonyl (C=O) groups is 1. The molecule has 0 amide bonds. The zero-order valence-electron chi connectivity index (χ0n) is 9.30. The first-order valence-electron chi connectivity index (χ1n) is 5.16. The number of aryl methyl sites for hydroxylation is 1. The molecule has 0 aliphatic carbocycles. The van der Waals surface area contributed by atoms with E-state index in [4.69, 9.17) is 0 Å². The molecule has 2 rings (SSSR count). The van der Waals surface area contributed by atoms with Crippen LogP contribution in [-0.4, -0.2) is 36.0 Å². The van der Waals surface area contributed by atoms with Crippen LogP contribution in [0.3, 0.4) is 0 Å². The molecule has 1 aliphatic rings. The number of aromatic nitrogens is 2. The molecule has 2 heterocycles. The van der Waals surface area contributed by atoms with Crippen LogP contribution >= 0.6 is 0 Å². The molecule has 1 aromatic rings. The predicted octanol–water partition coefficient (Wildman–Crippen LogP) is 0.672. The van der Waals surface area contributed by atoms with Crippen LogP contribution in [0, 0.1) is 13.8 Å². The van der Waals surface area contributed by atoms with Crippen molar-refractivity contribution < 1.29 is 13.2 Å². The summed E-state index contributed by atoms with van der Waals surface area (Å²) in [5.74, 6) is 0.347. The smallest absolute Gasteiger partial charge is 0.153 e. The van der Waals surface area contributed by atoms with Crippen LogP contribution < -0.4 is 0 Å². The van der Waals surface area contributed by atoms with Gasteiger partial charge >= 0.3 is 0 Å². The van der Waals surface area contributed by atoms with Gasteiger partial charge in [-0.15, -0.1) is 0 Å². The first kappa shape index (κ1) is 11.3. The molecule has 1 aromatic heterocycles. The average Bonchev–Trinajstić information content (AvgIpc) is 2.68. The van der Waals surface area contributed by atoms with E-state index in [0.717, 1.165) is 12.0 Å². The van der Waals surface area contributed by atoms with Crippen molar-refractivity contribution in [3.8, 4) is 0 Å².